The molecule has 12 heteroatoms. The summed E-state index contributed by atoms with van der Waals surface area (Å²) in [4.78, 5) is 29.7. The van der Waals surface area contributed by atoms with Crippen LogP contribution in [0, 0.1) is 19.7 Å². The molecule has 2 aromatic heterocycles. The first-order valence-corrected chi connectivity index (χ1v) is 17.5. The molecule has 1 amide bonds. The first-order chi connectivity index (χ1) is 19.1. The van der Waals surface area contributed by atoms with Gasteiger partial charge >= 0.3 is 12.1 Å². The number of aromatic nitrogens is 3. The van der Waals surface area contributed by atoms with E-state index in [-0.39, 0.29) is 17.1 Å². The zero-order valence-electron chi connectivity index (χ0n) is 25.0. The molecule has 4 rings (SSSR count). The van der Waals surface area contributed by atoms with E-state index in [4.69, 9.17) is 14.2 Å². The molecule has 2 N–H and O–H groups in total. The quantitative estimate of drug-likeness (QED) is 0.295. The molecule has 3 aromatic rings. The van der Waals surface area contributed by atoms with Crippen LogP contribution in [-0.2, 0) is 20.7 Å². The van der Waals surface area contributed by atoms with Crippen LogP contribution in [0.15, 0.2) is 12.1 Å². The third-order valence-corrected chi connectivity index (χ3v) is 8.50. The Morgan fingerprint density at radius 2 is 1.95 bits per heavy atom. The van der Waals surface area contributed by atoms with Gasteiger partial charge in [0.25, 0.3) is 0 Å². The van der Waals surface area contributed by atoms with Crippen molar-refractivity contribution >= 4 is 31.6 Å². The van der Waals surface area contributed by atoms with Crippen LogP contribution in [0.2, 0.25) is 25.7 Å². The monoisotopic (exact) mass is 586 g/mol. The number of hydrogen-bond acceptors (Lipinski definition) is 7. The van der Waals surface area contributed by atoms with Gasteiger partial charge in [0.05, 0.1) is 24.5 Å². The standard InChI is InChI=1S/C29H39FN4O6Si/c1-16-18-10-9-11-38-25(18)20(30)14-19(16)24-23(26(27(35)36)40-29(3,4)5)17(2)31-22-15-21(33-34(22)24)32-28(37)39-12-13-41(6,7)8/h14-15,26H,9-13H2,1-8H3,(H,35,36)(H,32,33,37). The summed E-state index contributed by atoms with van der Waals surface area (Å²) >= 11 is 0. The number of aliphatic carboxylic acids is 1. The van der Waals surface area contributed by atoms with Crippen LogP contribution in [0.25, 0.3) is 16.9 Å². The number of hydrogen-bond donors (Lipinski definition) is 2. The van der Waals surface area contributed by atoms with Crippen LogP contribution in [0.5, 0.6) is 5.75 Å². The largest absolute Gasteiger partial charge is 0.490 e. The van der Waals surface area contributed by atoms with Crippen LogP contribution in [0.3, 0.4) is 0 Å². The van der Waals surface area contributed by atoms with E-state index in [2.05, 4.69) is 35.0 Å². The van der Waals surface area contributed by atoms with E-state index in [0.29, 0.717) is 42.2 Å². The number of carbonyl (C=O) groups excluding carboxylic acids is 1. The zero-order chi connectivity index (χ0) is 30.3. The highest BCUT2D eigenvalue weighted by Crippen LogP contribution is 2.41. The predicted molar refractivity (Wildman–Crippen MR) is 156 cm³/mol. The Morgan fingerprint density at radius 3 is 2.59 bits per heavy atom. The summed E-state index contributed by atoms with van der Waals surface area (Å²) < 4.78 is 33.9. The fourth-order valence-corrected chi connectivity index (χ4v) is 5.56. The van der Waals surface area contributed by atoms with Gasteiger partial charge in [0.1, 0.15) is 0 Å². The predicted octanol–water partition coefficient (Wildman–Crippen LogP) is 6.30. The lowest BCUT2D eigenvalue weighted by Gasteiger charge is -2.28. The van der Waals surface area contributed by atoms with Crippen molar-refractivity contribution in [1.82, 2.24) is 14.6 Å². The van der Waals surface area contributed by atoms with E-state index in [1.165, 1.54) is 10.6 Å². The number of amides is 1. The second-order valence-corrected chi connectivity index (χ2v) is 18.2. The molecule has 0 saturated heterocycles. The van der Waals surface area contributed by atoms with Gasteiger partial charge in [0, 0.05) is 36.5 Å². The van der Waals surface area contributed by atoms with E-state index in [1.54, 1.807) is 33.8 Å². The Bertz CT molecular complexity index is 1490. The summed E-state index contributed by atoms with van der Waals surface area (Å²) in [6, 6.07) is 3.72. The molecule has 1 aliphatic rings. The zero-order valence-corrected chi connectivity index (χ0v) is 26.0. The Hall–Kier alpha value is -3.51. The number of nitrogens with one attached hydrogen (secondary N) is 1. The van der Waals surface area contributed by atoms with Crippen molar-refractivity contribution in [1.29, 1.82) is 0 Å². The molecule has 0 radical (unpaired) electrons. The maximum Gasteiger partial charge on any atom is 0.412 e. The number of carboxylic acid groups (broad SMARTS) is 1. The van der Waals surface area contributed by atoms with Gasteiger partial charge in [-0.1, -0.05) is 19.6 Å². The van der Waals surface area contributed by atoms with E-state index >= 15 is 4.39 Å². The van der Waals surface area contributed by atoms with Crippen molar-refractivity contribution in [3.63, 3.8) is 0 Å². The lowest BCUT2D eigenvalue weighted by molar-refractivity contribution is -0.160. The summed E-state index contributed by atoms with van der Waals surface area (Å²) in [7, 11) is -1.39. The molecule has 0 aliphatic carbocycles. The maximum absolute atomic E-state index is 15.5. The third-order valence-electron chi connectivity index (χ3n) is 6.79. The second-order valence-electron chi connectivity index (χ2n) is 12.6. The summed E-state index contributed by atoms with van der Waals surface area (Å²) in [5.74, 6) is -1.39. The molecule has 0 saturated carbocycles. The maximum atomic E-state index is 15.5. The van der Waals surface area contributed by atoms with Crippen molar-refractivity contribution in [3.8, 4) is 17.0 Å². The number of rotatable bonds is 8. The molecular formula is C29H39FN4O6Si. The molecule has 1 unspecified atom stereocenters. The lowest BCUT2D eigenvalue weighted by atomic mass is 9.91. The SMILES string of the molecule is Cc1nc2cc(NC(=O)OCC[Si](C)(C)C)nn2c(-c2cc(F)c3c(c2C)CCCO3)c1C(OC(C)(C)C)C(=O)O. The first kappa shape index (κ1) is 30.4. The van der Waals surface area contributed by atoms with Crippen LogP contribution in [-0.4, -0.2) is 58.7 Å². The number of benzene rings is 1. The molecule has 1 atom stereocenters. The summed E-state index contributed by atoms with van der Waals surface area (Å²) in [6.45, 7) is 16.1. The van der Waals surface area contributed by atoms with E-state index in [9.17, 15) is 14.7 Å². The Morgan fingerprint density at radius 1 is 1.24 bits per heavy atom. The fraction of sp³-hybridized carbons (Fsp3) is 0.517. The third kappa shape index (κ3) is 6.87. The number of carbonyl (C=O) groups is 2. The van der Waals surface area contributed by atoms with Crippen molar-refractivity contribution in [2.24, 2.45) is 0 Å². The minimum Gasteiger partial charge on any atom is -0.490 e. The molecule has 222 valence electrons. The number of aryl methyl sites for hydroxylation is 1. The molecular weight excluding hydrogens is 547 g/mol. The van der Waals surface area contributed by atoms with Gasteiger partial charge in [-0.15, -0.1) is 5.10 Å². The molecule has 10 nitrogen and oxygen atoms in total. The molecule has 3 heterocycles. The summed E-state index contributed by atoms with van der Waals surface area (Å²) in [6.07, 6.45) is -0.735. The molecule has 0 bridgehead atoms. The number of halogens is 1. The lowest BCUT2D eigenvalue weighted by Crippen LogP contribution is -2.29. The summed E-state index contributed by atoms with van der Waals surface area (Å²) in [5, 5.41) is 17.5. The highest BCUT2D eigenvalue weighted by atomic mass is 28.3. The second kappa shape index (κ2) is 11.4. The Labute approximate surface area is 240 Å². The molecule has 0 fully saturated rings. The van der Waals surface area contributed by atoms with E-state index in [0.717, 1.165) is 23.6 Å². The molecule has 41 heavy (non-hydrogen) atoms. The van der Waals surface area contributed by atoms with Crippen molar-refractivity contribution in [3.05, 3.63) is 40.3 Å². The minimum absolute atomic E-state index is 0.163. The molecule has 1 aliphatic heterocycles. The highest BCUT2D eigenvalue weighted by Gasteiger charge is 2.34. The van der Waals surface area contributed by atoms with E-state index in [1.807, 2.05) is 6.92 Å². The molecule has 1 aromatic carbocycles. The average molecular weight is 587 g/mol. The molecule has 0 spiro atoms. The number of fused-ring (bicyclic) bond motifs is 2. The van der Waals surface area contributed by atoms with Gasteiger partial charge in [-0.2, -0.15) is 0 Å². The van der Waals surface area contributed by atoms with Crippen LogP contribution < -0.4 is 10.1 Å². The van der Waals surface area contributed by atoms with Crippen molar-refractivity contribution in [2.45, 2.75) is 84.9 Å². The topological polar surface area (TPSA) is 124 Å². The average Bonchev–Trinajstić information content (AvgIpc) is 3.24. The first-order valence-electron chi connectivity index (χ1n) is 13.8. The normalized spacial score (nSPS) is 14.4. The van der Waals surface area contributed by atoms with Gasteiger partial charge < -0.3 is 19.3 Å². The van der Waals surface area contributed by atoms with Gasteiger partial charge in [-0.3, -0.25) is 5.32 Å². The van der Waals surface area contributed by atoms with Crippen molar-refractivity contribution < 1.29 is 33.3 Å². The van der Waals surface area contributed by atoms with Gasteiger partial charge in [0.15, 0.2) is 29.1 Å². The van der Waals surface area contributed by atoms with Crippen LogP contribution in [0.1, 0.15) is 55.7 Å². The number of ether oxygens (including phenoxy) is 3. The highest BCUT2D eigenvalue weighted by molar-refractivity contribution is 6.76. The fourth-order valence-electron chi connectivity index (χ4n) is 4.85. The number of carboxylic acids is 1. The Kier molecular flexibility index (Phi) is 8.47. The summed E-state index contributed by atoms with van der Waals surface area (Å²) in [5.41, 5.74) is 2.36. The Balaban J connectivity index is 1.90. The van der Waals surface area contributed by atoms with Gasteiger partial charge in [-0.05, 0) is 65.1 Å². The minimum atomic E-state index is -1.43. The number of nitrogens with zero attached hydrogens (tertiary/aromatic N) is 3. The number of anilines is 1. The van der Waals surface area contributed by atoms with E-state index < -0.39 is 37.7 Å². The van der Waals surface area contributed by atoms with Crippen LogP contribution in [0.4, 0.5) is 15.0 Å². The van der Waals surface area contributed by atoms with Gasteiger partial charge in [0.2, 0.25) is 0 Å². The smallest absolute Gasteiger partial charge is 0.412 e. The van der Waals surface area contributed by atoms with Crippen molar-refractivity contribution in [2.75, 3.05) is 18.5 Å². The van der Waals surface area contributed by atoms with Gasteiger partial charge in [-0.25, -0.2) is 23.5 Å². The van der Waals surface area contributed by atoms with Crippen LogP contribution >= 0.6 is 0 Å².